The normalized spacial score (nSPS) is 16.7. The molecule has 1 amide bonds. The van der Waals surface area contributed by atoms with Crippen molar-refractivity contribution >= 4 is 23.2 Å². The zero-order valence-corrected chi connectivity index (χ0v) is 15.1. The molecule has 2 aromatic carbocycles. The van der Waals surface area contributed by atoms with Gasteiger partial charge in [0, 0.05) is 5.56 Å². The number of carbonyl (C=O) groups is 1. The molecule has 1 aliphatic heterocycles. The summed E-state index contributed by atoms with van der Waals surface area (Å²) < 4.78 is 44.3. The molecule has 4 nitrogen and oxygen atoms in total. The van der Waals surface area contributed by atoms with Gasteiger partial charge in [-0.1, -0.05) is 41.9 Å². The number of alkyl halides is 3. The Morgan fingerprint density at radius 2 is 1.78 bits per heavy atom. The smallest absolute Gasteiger partial charge is 0.370 e. The fourth-order valence-electron chi connectivity index (χ4n) is 3.14. The number of hydrogen-bond donors (Lipinski definition) is 2. The van der Waals surface area contributed by atoms with Gasteiger partial charge in [-0.3, -0.25) is 4.79 Å². The first-order valence-electron chi connectivity index (χ1n) is 8.51. The minimum absolute atomic E-state index is 0.0508. The van der Waals surface area contributed by atoms with Crippen LogP contribution in [0.5, 0.6) is 0 Å². The van der Waals surface area contributed by atoms with E-state index >= 15 is 0 Å². The Hall–Kier alpha value is -2.09. The Bertz CT molecular complexity index is 793. The number of quaternary nitrogens is 1. The van der Waals surface area contributed by atoms with Crippen LogP contribution in [0.15, 0.2) is 48.5 Å². The van der Waals surface area contributed by atoms with E-state index in [4.69, 9.17) is 16.3 Å². The maximum absolute atomic E-state index is 13.0. The third-order valence-electron chi connectivity index (χ3n) is 4.49. The molecule has 0 aromatic heterocycles. The molecule has 1 fully saturated rings. The van der Waals surface area contributed by atoms with Crippen LogP contribution in [0, 0.1) is 0 Å². The first kappa shape index (κ1) is 19.7. The van der Waals surface area contributed by atoms with E-state index in [2.05, 4.69) is 5.32 Å². The number of nitrogens with one attached hydrogen (secondary N) is 2. The number of anilines is 1. The first-order valence-corrected chi connectivity index (χ1v) is 8.89. The van der Waals surface area contributed by atoms with Gasteiger partial charge < -0.3 is 15.0 Å². The highest BCUT2D eigenvalue weighted by atomic mass is 35.5. The summed E-state index contributed by atoms with van der Waals surface area (Å²) in [6, 6.07) is 11.5. The molecule has 2 N–H and O–H groups in total. The highest BCUT2D eigenvalue weighted by molar-refractivity contribution is 6.33. The van der Waals surface area contributed by atoms with Crippen molar-refractivity contribution in [2.24, 2.45) is 0 Å². The van der Waals surface area contributed by atoms with Crippen molar-refractivity contribution in [1.29, 1.82) is 0 Å². The molecule has 144 valence electrons. The summed E-state index contributed by atoms with van der Waals surface area (Å²) in [6.07, 6.45) is -4.52. The highest BCUT2D eigenvalue weighted by Crippen LogP contribution is 2.34. The molecule has 0 aliphatic carbocycles. The predicted octanol–water partition coefficient (Wildman–Crippen LogP) is 2.95. The van der Waals surface area contributed by atoms with Gasteiger partial charge in [0.2, 0.25) is 0 Å². The molecule has 0 radical (unpaired) electrons. The second-order valence-corrected chi connectivity index (χ2v) is 6.70. The molecular weight excluding hydrogens is 381 g/mol. The average Bonchev–Trinajstić information content (AvgIpc) is 2.64. The fourth-order valence-corrected chi connectivity index (χ4v) is 3.31. The van der Waals surface area contributed by atoms with Crippen molar-refractivity contribution in [2.75, 3.05) is 31.6 Å². The number of morpholine rings is 1. The summed E-state index contributed by atoms with van der Waals surface area (Å²) in [5.41, 5.74) is -0.128. The molecule has 1 heterocycles. The topological polar surface area (TPSA) is 42.8 Å². The van der Waals surface area contributed by atoms with Gasteiger partial charge in [-0.25, -0.2) is 0 Å². The van der Waals surface area contributed by atoms with Crippen LogP contribution in [0.4, 0.5) is 18.9 Å². The van der Waals surface area contributed by atoms with E-state index in [1.807, 2.05) is 30.3 Å². The predicted molar refractivity (Wildman–Crippen MR) is 95.8 cm³/mol. The Labute approximate surface area is 159 Å². The molecule has 0 spiro atoms. The SMILES string of the molecule is O=C(Nc1cc(C(F)(F)F)ccc1Cl)[C@H](c1ccccc1)[NH+]1CCOCC1. The van der Waals surface area contributed by atoms with Crippen LogP contribution in [0.2, 0.25) is 5.02 Å². The lowest BCUT2D eigenvalue weighted by Crippen LogP contribution is -3.15. The van der Waals surface area contributed by atoms with E-state index in [1.54, 1.807) is 0 Å². The van der Waals surface area contributed by atoms with Gasteiger partial charge in [-0.05, 0) is 18.2 Å². The van der Waals surface area contributed by atoms with Gasteiger partial charge >= 0.3 is 6.18 Å². The second-order valence-electron chi connectivity index (χ2n) is 6.30. The number of halogens is 4. The van der Waals surface area contributed by atoms with Crippen molar-refractivity contribution in [3.63, 3.8) is 0 Å². The lowest BCUT2D eigenvalue weighted by Gasteiger charge is -2.31. The summed E-state index contributed by atoms with van der Waals surface area (Å²) in [5, 5.41) is 2.64. The highest BCUT2D eigenvalue weighted by Gasteiger charge is 2.34. The first-order chi connectivity index (χ1) is 12.9. The van der Waals surface area contributed by atoms with Gasteiger partial charge in [0.25, 0.3) is 5.91 Å². The molecule has 3 rings (SSSR count). The number of hydrogen-bond acceptors (Lipinski definition) is 2. The zero-order valence-electron chi connectivity index (χ0n) is 14.4. The molecule has 27 heavy (non-hydrogen) atoms. The van der Waals surface area contributed by atoms with Crippen molar-refractivity contribution in [3.8, 4) is 0 Å². The third kappa shape index (κ3) is 4.80. The second kappa shape index (κ2) is 8.29. The van der Waals surface area contributed by atoms with Crippen LogP contribution in [-0.2, 0) is 15.7 Å². The molecule has 0 saturated carbocycles. The maximum atomic E-state index is 13.0. The Morgan fingerprint density at radius 1 is 1.11 bits per heavy atom. The van der Waals surface area contributed by atoms with Crippen LogP contribution in [0.3, 0.4) is 0 Å². The van der Waals surface area contributed by atoms with E-state index in [1.165, 1.54) is 0 Å². The van der Waals surface area contributed by atoms with Crippen molar-refractivity contribution in [3.05, 3.63) is 64.7 Å². The summed E-state index contributed by atoms with van der Waals surface area (Å²) >= 11 is 6.02. The molecule has 0 bridgehead atoms. The van der Waals surface area contributed by atoms with Gasteiger partial charge in [0.15, 0.2) is 6.04 Å². The molecule has 0 unspecified atom stereocenters. The largest absolute Gasteiger partial charge is 0.416 e. The van der Waals surface area contributed by atoms with Gasteiger partial charge in [0.05, 0.1) is 29.5 Å². The van der Waals surface area contributed by atoms with Crippen LogP contribution in [0.1, 0.15) is 17.2 Å². The maximum Gasteiger partial charge on any atom is 0.416 e. The Kier molecular flexibility index (Phi) is 6.04. The molecule has 1 aliphatic rings. The van der Waals surface area contributed by atoms with Crippen LogP contribution >= 0.6 is 11.6 Å². The Morgan fingerprint density at radius 3 is 2.41 bits per heavy atom. The fraction of sp³-hybridized carbons (Fsp3) is 0.316. The van der Waals surface area contributed by atoms with Gasteiger partial charge in [-0.2, -0.15) is 13.2 Å². The minimum atomic E-state index is -4.52. The lowest BCUT2D eigenvalue weighted by molar-refractivity contribution is -0.929. The number of benzene rings is 2. The summed E-state index contributed by atoms with van der Waals surface area (Å²) in [7, 11) is 0. The summed E-state index contributed by atoms with van der Waals surface area (Å²) in [5.74, 6) is -0.403. The summed E-state index contributed by atoms with van der Waals surface area (Å²) in [6.45, 7) is 2.30. The van der Waals surface area contributed by atoms with Crippen LogP contribution < -0.4 is 10.2 Å². The van der Waals surface area contributed by atoms with Crippen LogP contribution in [0.25, 0.3) is 0 Å². The van der Waals surface area contributed by atoms with E-state index < -0.39 is 23.7 Å². The van der Waals surface area contributed by atoms with Crippen molar-refractivity contribution < 1.29 is 27.6 Å². The number of ether oxygens (including phenoxy) is 1. The van der Waals surface area contributed by atoms with E-state index in [-0.39, 0.29) is 10.7 Å². The quantitative estimate of drug-likeness (QED) is 0.830. The molecule has 1 atom stereocenters. The monoisotopic (exact) mass is 399 g/mol. The minimum Gasteiger partial charge on any atom is -0.370 e. The number of carbonyl (C=O) groups excluding carboxylic acids is 1. The van der Waals surface area contributed by atoms with Crippen molar-refractivity contribution in [1.82, 2.24) is 0 Å². The molecule has 1 saturated heterocycles. The Balaban J connectivity index is 1.89. The summed E-state index contributed by atoms with van der Waals surface area (Å²) in [4.78, 5) is 14.0. The van der Waals surface area contributed by atoms with Crippen LogP contribution in [-0.4, -0.2) is 32.2 Å². The van der Waals surface area contributed by atoms with E-state index in [0.29, 0.717) is 26.3 Å². The van der Waals surface area contributed by atoms with Gasteiger partial charge in [0.1, 0.15) is 13.1 Å². The number of amides is 1. The molecular formula is C19H19ClF3N2O2+. The lowest BCUT2D eigenvalue weighted by atomic mass is 10.0. The molecule has 8 heteroatoms. The van der Waals surface area contributed by atoms with Crippen molar-refractivity contribution in [2.45, 2.75) is 12.2 Å². The average molecular weight is 400 g/mol. The molecule has 2 aromatic rings. The van der Waals surface area contributed by atoms with E-state index in [0.717, 1.165) is 28.7 Å². The number of rotatable bonds is 4. The zero-order chi connectivity index (χ0) is 19.4. The standard InChI is InChI=1S/C19H18ClF3N2O2/c20-15-7-6-14(19(21,22)23)12-16(15)24-18(26)17(13-4-2-1-3-5-13)25-8-10-27-11-9-25/h1-7,12,17H,8-11H2,(H,24,26)/p+1/t17-/m0/s1. The third-order valence-corrected chi connectivity index (χ3v) is 4.82. The van der Waals surface area contributed by atoms with E-state index in [9.17, 15) is 18.0 Å². The van der Waals surface area contributed by atoms with Gasteiger partial charge in [-0.15, -0.1) is 0 Å².